The third kappa shape index (κ3) is 3.75. The summed E-state index contributed by atoms with van der Waals surface area (Å²) in [5.74, 6) is 1.17. The summed E-state index contributed by atoms with van der Waals surface area (Å²) in [4.78, 5) is 36.1. The van der Waals surface area contributed by atoms with Gasteiger partial charge >= 0.3 is 7.60 Å². The minimum atomic E-state index is -3.93. The zero-order chi connectivity index (χ0) is 17.3. The van der Waals surface area contributed by atoms with E-state index in [0.29, 0.717) is 28.9 Å². The molecule has 9 nitrogen and oxygen atoms in total. The van der Waals surface area contributed by atoms with Gasteiger partial charge in [-0.05, 0) is 31.2 Å². The quantitative estimate of drug-likeness (QED) is 0.587. The molecule has 2 aromatic rings. The Morgan fingerprint density at radius 1 is 1.38 bits per heavy atom. The molecule has 1 aliphatic heterocycles. The Hall–Kier alpha value is -1.96. The molecular weight excluding hydrogens is 333 g/mol. The number of H-pyrrole nitrogens is 1. The van der Waals surface area contributed by atoms with Crippen LogP contribution in [0.25, 0.3) is 10.8 Å². The number of nitrogens with zero attached hydrogens (tertiary/aromatic N) is 3. The Balaban J connectivity index is 1.72. The first-order valence-electron chi connectivity index (χ1n) is 7.77. The predicted octanol–water partition coefficient (Wildman–Crippen LogP) is 0.684. The van der Waals surface area contributed by atoms with Crippen LogP contribution in [-0.4, -0.2) is 44.2 Å². The van der Waals surface area contributed by atoms with E-state index in [1.165, 1.54) is 0 Å². The lowest BCUT2D eigenvalue weighted by Crippen LogP contribution is -2.34. The van der Waals surface area contributed by atoms with Crippen LogP contribution in [0, 0.1) is 5.92 Å². The summed E-state index contributed by atoms with van der Waals surface area (Å²) in [5, 5.41) is 7.11. The fourth-order valence-corrected chi connectivity index (χ4v) is 3.80. The topological polar surface area (TPSA) is 145 Å². The molecule has 0 aromatic carbocycles. The van der Waals surface area contributed by atoms with Gasteiger partial charge in [0, 0.05) is 18.5 Å². The van der Waals surface area contributed by atoms with Gasteiger partial charge in [0.2, 0.25) is 0 Å². The second-order valence-electron chi connectivity index (χ2n) is 6.14. The van der Waals surface area contributed by atoms with Crippen LogP contribution < -0.4 is 16.2 Å². The lowest BCUT2D eigenvalue weighted by molar-refractivity contribution is 0.350. The van der Waals surface area contributed by atoms with Crippen LogP contribution in [0.4, 0.5) is 11.6 Å². The number of pyridine rings is 1. The SMILES string of the molecule is Nc1nc(N2CCC(CCP(=O)(O)O)CC2)cc2cn[nH]c(=O)c12. The van der Waals surface area contributed by atoms with Crippen molar-refractivity contribution in [2.45, 2.75) is 19.3 Å². The lowest BCUT2D eigenvalue weighted by atomic mass is 9.94. The summed E-state index contributed by atoms with van der Waals surface area (Å²) >= 11 is 0. The van der Waals surface area contributed by atoms with E-state index in [-0.39, 0.29) is 17.5 Å². The first-order chi connectivity index (χ1) is 11.3. The van der Waals surface area contributed by atoms with Crippen LogP contribution in [0.5, 0.6) is 0 Å². The highest BCUT2D eigenvalue weighted by Gasteiger charge is 2.23. The monoisotopic (exact) mass is 353 g/mol. The van der Waals surface area contributed by atoms with Crippen LogP contribution >= 0.6 is 7.60 Å². The average molecular weight is 353 g/mol. The molecule has 2 aromatic heterocycles. The molecule has 10 heteroatoms. The standard InChI is InChI=1S/C14H20N5O4P/c15-13-12-10(8-16-18-14(12)20)7-11(17-13)19-4-1-9(2-5-19)3-6-24(21,22)23/h7-9H,1-6H2,(H2,15,17)(H,18,20)(H2,21,22,23). The van der Waals surface area contributed by atoms with Crippen molar-refractivity contribution in [2.24, 2.45) is 5.92 Å². The molecule has 1 fully saturated rings. The summed E-state index contributed by atoms with van der Waals surface area (Å²) in [6, 6.07) is 1.80. The smallest absolute Gasteiger partial charge is 0.325 e. The first-order valence-corrected chi connectivity index (χ1v) is 9.57. The molecule has 0 aliphatic carbocycles. The molecule has 24 heavy (non-hydrogen) atoms. The molecule has 1 saturated heterocycles. The van der Waals surface area contributed by atoms with E-state index >= 15 is 0 Å². The van der Waals surface area contributed by atoms with Crippen LogP contribution in [0.3, 0.4) is 0 Å². The Bertz CT molecular complexity index is 841. The Morgan fingerprint density at radius 2 is 2.08 bits per heavy atom. The van der Waals surface area contributed by atoms with E-state index in [1.54, 1.807) is 12.3 Å². The highest BCUT2D eigenvalue weighted by Crippen LogP contribution is 2.38. The van der Waals surface area contributed by atoms with Gasteiger partial charge in [-0.1, -0.05) is 0 Å². The molecule has 5 N–H and O–H groups in total. The molecule has 0 saturated carbocycles. The molecule has 3 heterocycles. The number of fused-ring (bicyclic) bond motifs is 1. The van der Waals surface area contributed by atoms with Gasteiger partial charge in [-0.3, -0.25) is 9.36 Å². The number of nitrogens with two attached hydrogens (primary N) is 1. The van der Waals surface area contributed by atoms with Crippen molar-refractivity contribution in [3.05, 3.63) is 22.6 Å². The molecule has 130 valence electrons. The number of aromatic nitrogens is 3. The molecule has 0 radical (unpaired) electrons. The van der Waals surface area contributed by atoms with E-state index in [1.807, 2.05) is 0 Å². The summed E-state index contributed by atoms with van der Waals surface area (Å²) in [5.41, 5.74) is 5.55. The van der Waals surface area contributed by atoms with Gasteiger partial charge in [-0.25, -0.2) is 10.1 Å². The average Bonchev–Trinajstić information content (AvgIpc) is 2.52. The second kappa shape index (κ2) is 6.51. The van der Waals surface area contributed by atoms with Crippen LogP contribution in [0.15, 0.2) is 17.1 Å². The lowest BCUT2D eigenvalue weighted by Gasteiger charge is -2.33. The number of hydrogen-bond donors (Lipinski definition) is 4. The van der Waals surface area contributed by atoms with Crippen LogP contribution in [0.1, 0.15) is 19.3 Å². The number of piperidine rings is 1. The van der Waals surface area contributed by atoms with E-state index in [9.17, 15) is 9.36 Å². The molecule has 1 aliphatic rings. The zero-order valence-corrected chi connectivity index (χ0v) is 13.9. The van der Waals surface area contributed by atoms with E-state index in [4.69, 9.17) is 15.5 Å². The number of anilines is 2. The number of nitrogens with one attached hydrogen (secondary N) is 1. The third-order valence-electron chi connectivity index (χ3n) is 4.43. The maximum atomic E-state index is 11.8. The van der Waals surface area contributed by atoms with Gasteiger partial charge in [-0.15, -0.1) is 0 Å². The fraction of sp³-hybridized carbons (Fsp3) is 0.500. The molecule has 3 rings (SSSR count). The summed E-state index contributed by atoms with van der Waals surface area (Å²) in [6.45, 7) is 1.47. The minimum absolute atomic E-state index is 0.0622. The van der Waals surface area contributed by atoms with Gasteiger partial charge in [0.25, 0.3) is 5.56 Å². The van der Waals surface area contributed by atoms with Gasteiger partial charge < -0.3 is 20.4 Å². The molecule has 0 unspecified atom stereocenters. The molecule has 0 spiro atoms. The van der Waals surface area contributed by atoms with Crippen LogP contribution in [-0.2, 0) is 4.57 Å². The number of rotatable bonds is 4. The highest BCUT2D eigenvalue weighted by atomic mass is 31.2. The predicted molar refractivity (Wildman–Crippen MR) is 91.0 cm³/mol. The summed E-state index contributed by atoms with van der Waals surface area (Å²) < 4.78 is 11.0. The summed E-state index contributed by atoms with van der Waals surface area (Å²) in [6.07, 6.45) is 3.70. The molecule has 0 bridgehead atoms. The fourth-order valence-electron chi connectivity index (χ4n) is 3.10. The van der Waals surface area contributed by atoms with Gasteiger partial charge in [-0.2, -0.15) is 5.10 Å². The van der Waals surface area contributed by atoms with Crippen molar-refractivity contribution in [3.8, 4) is 0 Å². The van der Waals surface area contributed by atoms with Crippen LogP contribution in [0.2, 0.25) is 0 Å². The minimum Gasteiger partial charge on any atom is -0.383 e. The van der Waals surface area contributed by atoms with Crippen molar-refractivity contribution in [1.29, 1.82) is 0 Å². The highest BCUT2D eigenvalue weighted by molar-refractivity contribution is 7.51. The Labute approximate surface area is 138 Å². The number of nitrogen functional groups attached to an aromatic ring is 1. The Morgan fingerprint density at radius 3 is 2.75 bits per heavy atom. The first kappa shape index (κ1) is 16.9. The van der Waals surface area contributed by atoms with Gasteiger partial charge in [0.1, 0.15) is 11.6 Å². The van der Waals surface area contributed by atoms with Crippen molar-refractivity contribution < 1.29 is 14.4 Å². The third-order valence-corrected chi connectivity index (χ3v) is 5.27. The Kier molecular flexibility index (Phi) is 4.58. The summed E-state index contributed by atoms with van der Waals surface area (Å²) in [7, 11) is -3.93. The maximum absolute atomic E-state index is 11.8. The molecular formula is C14H20N5O4P. The molecule has 0 amide bonds. The zero-order valence-electron chi connectivity index (χ0n) is 13.1. The van der Waals surface area contributed by atoms with Gasteiger partial charge in [0.05, 0.1) is 17.7 Å². The van der Waals surface area contributed by atoms with Gasteiger partial charge in [0.15, 0.2) is 0 Å². The molecule has 0 atom stereocenters. The largest absolute Gasteiger partial charge is 0.383 e. The van der Waals surface area contributed by atoms with Crippen molar-refractivity contribution in [3.63, 3.8) is 0 Å². The van der Waals surface area contributed by atoms with Crippen molar-refractivity contribution >= 4 is 30.0 Å². The van der Waals surface area contributed by atoms with E-state index in [0.717, 1.165) is 25.9 Å². The van der Waals surface area contributed by atoms with Crippen molar-refractivity contribution in [1.82, 2.24) is 15.2 Å². The normalized spacial score (nSPS) is 16.7. The van der Waals surface area contributed by atoms with E-state index < -0.39 is 7.60 Å². The maximum Gasteiger partial charge on any atom is 0.325 e. The number of aromatic amines is 1. The van der Waals surface area contributed by atoms with Crippen molar-refractivity contribution in [2.75, 3.05) is 29.9 Å². The second-order valence-corrected chi connectivity index (χ2v) is 7.91. The van der Waals surface area contributed by atoms with E-state index in [2.05, 4.69) is 20.1 Å². The number of hydrogen-bond acceptors (Lipinski definition) is 6.